The minimum absolute atomic E-state index is 0.0534. The van der Waals surface area contributed by atoms with Gasteiger partial charge < -0.3 is 19.4 Å². The average Bonchev–Trinajstić information content (AvgIpc) is 2.34. The van der Waals surface area contributed by atoms with Gasteiger partial charge in [0.25, 0.3) is 0 Å². The lowest BCUT2D eigenvalue weighted by Crippen LogP contribution is -2.05. The summed E-state index contributed by atoms with van der Waals surface area (Å²) in [4.78, 5) is 25.9. The summed E-state index contributed by atoms with van der Waals surface area (Å²) >= 11 is 0. The smallest absolute Gasteiger partial charge is 0.377 e. The largest absolute Gasteiger partial charge is 0.481 e. The summed E-state index contributed by atoms with van der Waals surface area (Å²) in [6, 6.07) is 0. The second-order valence-corrected chi connectivity index (χ2v) is 7.58. The zero-order valence-corrected chi connectivity index (χ0v) is 14.9. The van der Waals surface area contributed by atoms with Crippen LogP contribution in [0.1, 0.15) is 33.6 Å². The zero-order chi connectivity index (χ0) is 17.4. The van der Waals surface area contributed by atoms with Crippen molar-refractivity contribution in [2.45, 2.75) is 39.7 Å². The van der Waals surface area contributed by atoms with Crippen molar-refractivity contribution in [1.29, 1.82) is 0 Å². The first-order valence-electron chi connectivity index (χ1n) is 6.56. The van der Waals surface area contributed by atoms with Crippen molar-refractivity contribution in [1.82, 2.24) is 0 Å². The lowest BCUT2D eigenvalue weighted by atomic mass is 10.1. The number of ether oxygens (including phenoxy) is 1. The van der Waals surface area contributed by atoms with Crippen molar-refractivity contribution in [3.63, 3.8) is 0 Å². The Labute approximate surface area is 130 Å². The molecule has 8 nitrogen and oxygen atoms in total. The molecule has 0 aliphatic carbocycles. The Morgan fingerprint density at radius 3 is 2.27 bits per heavy atom. The second kappa shape index (κ2) is 9.75. The number of phosphoric acid groups is 2. The van der Waals surface area contributed by atoms with Gasteiger partial charge >= 0.3 is 15.6 Å². The SMILES string of the molecule is CO[C@H](C)/C(C)=C/CC/C(C)=C/COP(=O)(O)OP(=O)(O)O. The van der Waals surface area contributed by atoms with E-state index in [4.69, 9.17) is 19.4 Å². The molecule has 0 aliphatic rings. The summed E-state index contributed by atoms with van der Waals surface area (Å²) in [6.07, 6.45) is 5.14. The third-order valence-corrected chi connectivity index (χ3v) is 5.03. The summed E-state index contributed by atoms with van der Waals surface area (Å²) < 4.78 is 34.9. The quantitative estimate of drug-likeness (QED) is 0.402. The van der Waals surface area contributed by atoms with Crippen molar-refractivity contribution in [3.8, 4) is 0 Å². The molecule has 0 fully saturated rings. The molecule has 0 aromatic carbocycles. The molecule has 0 aromatic heterocycles. The van der Waals surface area contributed by atoms with Crippen LogP contribution < -0.4 is 0 Å². The summed E-state index contributed by atoms with van der Waals surface area (Å²) in [5.74, 6) is 0. The van der Waals surface area contributed by atoms with Crippen LogP contribution in [-0.4, -0.2) is 34.5 Å². The van der Waals surface area contributed by atoms with Gasteiger partial charge in [-0.1, -0.05) is 17.7 Å². The van der Waals surface area contributed by atoms with E-state index in [9.17, 15) is 9.13 Å². The van der Waals surface area contributed by atoms with Gasteiger partial charge in [0.05, 0.1) is 12.7 Å². The van der Waals surface area contributed by atoms with Gasteiger partial charge in [0, 0.05) is 7.11 Å². The van der Waals surface area contributed by atoms with E-state index in [1.165, 1.54) is 0 Å². The van der Waals surface area contributed by atoms with Crippen molar-refractivity contribution in [2.24, 2.45) is 0 Å². The summed E-state index contributed by atoms with van der Waals surface area (Å²) in [5.41, 5.74) is 2.02. The Hall–Kier alpha value is -0.300. The fourth-order valence-corrected chi connectivity index (χ4v) is 2.94. The highest BCUT2D eigenvalue weighted by Crippen LogP contribution is 2.57. The standard InChI is InChI=1S/C12H24O8P2/c1-10(6-5-7-11(2)12(3)18-4)8-9-19-22(16,17)20-21(13,14)15/h7-8,12H,5-6,9H2,1-4H3,(H,16,17)(H2,13,14,15)/b10-8+,11-7+/t12-/m1/s1. The monoisotopic (exact) mass is 358 g/mol. The summed E-state index contributed by atoms with van der Waals surface area (Å²) in [5, 5.41) is 0. The third-order valence-electron chi connectivity index (χ3n) is 2.88. The molecule has 130 valence electrons. The molecule has 2 atom stereocenters. The first-order chi connectivity index (χ1) is 9.97. The molecule has 0 heterocycles. The molecule has 0 aliphatic heterocycles. The minimum Gasteiger partial charge on any atom is -0.377 e. The van der Waals surface area contributed by atoms with E-state index in [2.05, 4.69) is 8.83 Å². The number of phosphoric ester groups is 1. The number of methoxy groups -OCH3 is 1. The molecular formula is C12H24O8P2. The highest BCUT2D eigenvalue weighted by molar-refractivity contribution is 7.60. The van der Waals surface area contributed by atoms with Crippen LogP contribution >= 0.6 is 15.6 Å². The average molecular weight is 358 g/mol. The molecule has 0 rings (SSSR count). The third kappa shape index (κ3) is 11.3. The van der Waals surface area contributed by atoms with Gasteiger partial charge in [0.2, 0.25) is 0 Å². The highest BCUT2D eigenvalue weighted by atomic mass is 31.3. The Morgan fingerprint density at radius 1 is 1.18 bits per heavy atom. The molecule has 3 N–H and O–H groups in total. The normalized spacial score (nSPS) is 18.1. The van der Waals surface area contributed by atoms with E-state index >= 15 is 0 Å². The lowest BCUT2D eigenvalue weighted by Gasteiger charge is -2.11. The minimum atomic E-state index is -5.07. The number of hydrogen-bond acceptors (Lipinski definition) is 5. The number of hydrogen-bond donors (Lipinski definition) is 3. The van der Waals surface area contributed by atoms with Crippen LogP contribution in [-0.2, 0) is 22.7 Å². The predicted molar refractivity (Wildman–Crippen MR) is 82.1 cm³/mol. The van der Waals surface area contributed by atoms with Gasteiger partial charge in [-0.15, -0.1) is 0 Å². The van der Waals surface area contributed by atoms with Crippen LogP contribution in [0, 0.1) is 0 Å². The van der Waals surface area contributed by atoms with Gasteiger partial charge in [0.15, 0.2) is 0 Å². The molecule has 10 heteroatoms. The van der Waals surface area contributed by atoms with E-state index < -0.39 is 15.6 Å². The highest BCUT2D eigenvalue weighted by Gasteiger charge is 2.31. The maximum atomic E-state index is 11.2. The Kier molecular flexibility index (Phi) is 9.62. The predicted octanol–water partition coefficient (Wildman–Crippen LogP) is 2.92. The van der Waals surface area contributed by atoms with E-state index in [1.807, 2.05) is 26.8 Å². The number of allylic oxidation sites excluding steroid dienone is 2. The molecule has 22 heavy (non-hydrogen) atoms. The van der Waals surface area contributed by atoms with E-state index in [0.29, 0.717) is 6.42 Å². The van der Waals surface area contributed by atoms with Gasteiger partial charge in [-0.25, -0.2) is 9.13 Å². The maximum Gasteiger partial charge on any atom is 0.481 e. The fourth-order valence-electron chi connectivity index (χ4n) is 1.41. The molecule has 0 bridgehead atoms. The van der Waals surface area contributed by atoms with Crippen molar-refractivity contribution >= 4 is 15.6 Å². The summed E-state index contributed by atoms with van der Waals surface area (Å²) in [6.45, 7) is 5.45. The Balaban J connectivity index is 4.25. The molecule has 0 aromatic rings. The molecule has 0 saturated heterocycles. The van der Waals surface area contributed by atoms with Crippen LogP contribution in [0.3, 0.4) is 0 Å². The van der Waals surface area contributed by atoms with Crippen LogP contribution in [0.5, 0.6) is 0 Å². The van der Waals surface area contributed by atoms with Gasteiger partial charge in [-0.3, -0.25) is 4.52 Å². The second-order valence-electron chi connectivity index (χ2n) is 4.75. The van der Waals surface area contributed by atoms with E-state index in [-0.39, 0.29) is 12.7 Å². The van der Waals surface area contributed by atoms with Crippen LogP contribution in [0.2, 0.25) is 0 Å². The van der Waals surface area contributed by atoms with E-state index in [1.54, 1.807) is 13.2 Å². The number of rotatable bonds is 10. The molecule has 0 amide bonds. The first-order valence-corrected chi connectivity index (χ1v) is 9.58. The van der Waals surface area contributed by atoms with Crippen molar-refractivity contribution in [3.05, 3.63) is 23.3 Å². The molecule has 0 saturated carbocycles. The Morgan fingerprint density at radius 2 is 1.77 bits per heavy atom. The van der Waals surface area contributed by atoms with Crippen molar-refractivity contribution in [2.75, 3.05) is 13.7 Å². The van der Waals surface area contributed by atoms with Gasteiger partial charge in [-0.2, -0.15) is 4.31 Å². The summed E-state index contributed by atoms with van der Waals surface area (Å²) in [7, 11) is -8.20. The molecular weight excluding hydrogens is 334 g/mol. The molecule has 0 radical (unpaired) electrons. The lowest BCUT2D eigenvalue weighted by molar-refractivity contribution is 0.146. The molecule has 1 unspecified atom stereocenters. The van der Waals surface area contributed by atoms with Crippen molar-refractivity contribution < 1.29 is 37.4 Å². The van der Waals surface area contributed by atoms with Crippen LogP contribution in [0.4, 0.5) is 0 Å². The van der Waals surface area contributed by atoms with Gasteiger partial charge in [0.1, 0.15) is 0 Å². The van der Waals surface area contributed by atoms with E-state index in [0.717, 1.165) is 17.6 Å². The van der Waals surface area contributed by atoms with Gasteiger partial charge in [-0.05, 0) is 39.2 Å². The van der Waals surface area contributed by atoms with Crippen LogP contribution in [0.15, 0.2) is 23.3 Å². The van der Waals surface area contributed by atoms with Crippen LogP contribution in [0.25, 0.3) is 0 Å². The zero-order valence-electron chi connectivity index (χ0n) is 13.1. The topological polar surface area (TPSA) is 123 Å². The molecule has 0 spiro atoms. The maximum absolute atomic E-state index is 11.2. The fraction of sp³-hybridized carbons (Fsp3) is 0.667. The first kappa shape index (κ1) is 21.7. The Bertz CT molecular complexity index is 493.